The van der Waals surface area contributed by atoms with Gasteiger partial charge in [0.15, 0.2) is 0 Å². The Kier molecular flexibility index (Phi) is 8.12. The molecule has 0 saturated heterocycles. The normalized spacial score (nSPS) is 12.6. The van der Waals surface area contributed by atoms with Crippen molar-refractivity contribution in [3.63, 3.8) is 0 Å². The summed E-state index contributed by atoms with van der Waals surface area (Å²) in [5.41, 5.74) is 15.3. The third-order valence-electron chi connectivity index (χ3n) is 12.1. The first-order valence-electron chi connectivity index (χ1n) is 20.1. The van der Waals surface area contributed by atoms with Crippen LogP contribution in [0.4, 0.5) is 17.1 Å². The van der Waals surface area contributed by atoms with Gasteiger partial charge in [-0.1, -0.05) is 194 Å². The Balaban J connectivity index is 1.10. The van der Waals surface area contributed by atoms with Crippen molar-refractivity contribution >= 4 is 38.6 Å². The number of hydrogen-bond donors (Lipinski definition) is 0. The Hall–Kier alpha value is -7.48. The smallest absolute Gasteiger partial charge is 0.0714 e. The van der Waals surface area contributed by atoms with E-state index in [0.29, 0.717) is 0 Å². The van der Waals surface area contributed by atoms with Crippen LogP contribution in [-0.4, -0.2) is 0 Å². The molecule has 0 aliphatic heterocycles. The van der Waals surface area contributed by atoms with Crippen molar-refractivity contribution in [2.75, 3.05) is 4.90 Å². The highest BCUT2D eigenvalue weighted by Gasteiger charge is 2.47. The monoisotopic (exact) mass is 737 g/mol. The van der Waals surface area contributed by atoms with Crippen LogP contribution in [0.15, 0.2) is 237 Å². The third kappa shape index (κ3) is 5.32. The molecule has 0 radical (unpaired) electrons. The maximum Gasteiger partial charge on any atom is 0.0714 e. The molecule has 1 aliphatic carbocycles. The van der Waals surface area contributed by atoms with Gasteiger partial charge in [0, 0.05) is 16.9 Å². The van der Waals surface area contributed by atoms with Crippen molar-refractivity contribution in [2.45, 2.75) is 5.41 Å². The second-order valence-corrected chi connectivity index (χ2v) is 15.2. The molecule has 0 aromatic heterocycles. The van der Waals surface area contributed by atoms with Crippen molar-refractivity contribution < 1.29 is 0 Å². The standard InChI is InChI=1S/C57H39N/c1-4-23-44(24-5-1)57(45-25-6-2-7-26-45)53-34-15-14-33-51(53)56-54(57)35-18-36-55(56)58(46-27-8-3-9-28-46)47-29-17-21-41(38-47)40-20-16-22-42(37-40)52-39-43-19-10-11-30-48(43)49-31-12-13-32-50(49)52/h1-39H. The highest BCUT2D eigenvalue weighted by atomic mass is 15.1. The molecule has 272 valence electrons. The van der Waals surface area contributed by atoms with Gasteiger partial charge in [0.05, 0.1) is 11.1 Å². The van der Waals surface area contributed by atoms with Gasteiger partial charge in [0.25, 0.3) is 0 Å². The molecule has 0 saturated carbocycles. The number of hydrogen-bond acceptors (Lipinski definition) is 1. The van der Waals surface area contributed by atoms with Crippen LogP contribution in [0.2, 0.25) is 0 Å². The average molecular weight is 738 g/mol. The van der Waals surface area contributed by atoms with Gasteiger partial charge in [-0.2, -0.15) is 0 Å². The fraction of sp³-hybridized carbons (Fsp3) is 0.0175. The predicted molar refractivity (Wildman–Crippen MR) is 244 cm³/mol. The molecule has 1 heteroatoms. The summed E-state index contributed by atoms with van der Waals surface area (Å²) in [4.78, 5) is 2.45. The molecule has 58 heavy (non-hydrogen) atoms. The zero-order valence-electron chi connectivity index (χ0n) is 32.0. The molecule has 0 N–H and O–H groups in total. The van der Waals surface area contributed by atoms with E-state index in [1.54, 1.807) is 0 Å². The lowest BCUT2D eigenvalue weighted by atomic mass is 9.68. The first kappa shape index (κ1) is 33.8. The Bertz CT molecular complexity index is 3070. The Morgan fingerprint density at radius 3 is 1.60 bits per heavy atom. The van der Waals surface area contributed by atoms with E-state index in [1.807, 2.05) is 0 Å². The largest absolute Gasteiger partial charge is 0.310 e. The van der Waals surface area contributed by atoms with Crippen molar-refractivity contribution in [1.82, 2.24) is 0 Å². The van der Waals surface area contributed by atoms with Crippen LogP contribution in [0.1, 0.15) is 22.3 Å². The summed E-state index contributed by atoms with van der Waals surface area (Å²) in [6, 6.07) is 86.7. The van der Waals surface area contributed by atoms with Crippen molar-refractivity contribution in [3.05, 3.63) is 259 Å². The van der Waals surface area contributed by atoms with Crippen molar-refractivity contribution in [2.24, 2.45) is 0 Å². The molecule has 0 amide bonds. The molecule has 0 unspecified atom stereocenters. The SMILES string of the molecule is c1ccc(N(c2cccc(-c3cccc(-c4cc5ccccc5c5ccccc45)c3)c2)c2cccc3c2-c2ccccc2C3(c2ccccc2)c2ccccc2)cc1. The zero-order chi connectivity index (χ0) is 38.5. The molecule has 0 bridgehead atoms. The molecular weight excluding hydrogens is 699 g/mol. The molecule has 0 fully saturated rings. The van der Waals surface area contributed by atoms with E-state index in [1.165, 1.54) is 77.2 Å². The van der Waals surface area contributed by atoms with Gasteiger partial charge in [0.2, 0.25) is 0 Å². The number of para-hydroxylation sites is 1. The van der Waals surface area contributed by atoms with E-state index in [9.17, 15) is 0 Å². The number of benzene rings is 10. The van der Waals surface area contributed by atoms with Gasteiger partial charge >= 0.3 is 0 Å². The van der Waals surface area contributed by atoms with Gasteiger partial charge in [-0.15, -0.1) is 0 Å². The summed E-state index contributed by atoms with van der Waals surface area (Å²) in [5, 5.41) is 5.08. The van der Waals surface area contributed by atoms with Gasteiger partial charge in [-0.25, -0.2) is 0 Å². The fourth-order valence-corrected chi connectivity index (χ4v) is 9.65. The lowest BCUT2D eigenvalue weighted by Crippen LogP contribution is -2.28. The first-order valence-corrected chi connectivity index (χ1v) is 20.1. The summed E-state index contributed by atoms with van der Waals surface area (Å²) in [6.07, 6.45) is 0. The van der Waals surface area contributed by atoms with Crippen LogP contribution >= 0.6 is 0 Å². The molecule has 0 spiro atoms. The van der Waals surface area contributed by atoms with Gasteiger partial charge in [-0.05, 0) is 114 Å². The molecule has 10 aromatic carbocycles. The van der Waals surface area contributed by atoms with E-state index < -0.39 is 5.41 Å². The van der Waals surface area contributed by atoms with E-state index >= 15 is 0 Å². The van der Waals surface area contributed by atoms with Gasteiger partial charge in [0.1, 0.15) is 0 Å². The summed E-state index contributed by atoms with van der Waals surface area (Å²) in [6.45, 7) is 0. The van der Waals surface area contributed by atoms with Gasteiger partial charge < -0.3 is 4.90 Å². The minimum Gasteiger partial charge on any atom is -0.310 e. The summed E-state index contributed by atoms with van der Waals surface area (Å²) in [7, 11) is 0. The minimum atomic E-state index is -0.484. The highest BCUT2D eigenvalue weighted by Crippen LogP contribution is 2.59. The molecule has 0 heterocycles. The lowest BCUT2D eigenvalue weighted by molar-refractivity contribution is 0.768. The first-order chi connectivity index (χ1) is 28.8. The number of anilines is 3. The van der Waals surface area contributed by atoms with Crippen LogP contribution in [0.3, 0.4) is 0 Å². The van der Waals surface area contributed by atoms with Crippen LogP contribution in [0, 0.1) is 0 Å². The number of rotatable bonds is 7. The lowest BCUT2D eigenvalue weighted by Gasteiger charge is -2.34. The van der Waals surface area contributed by atoms with Crippen molar-refractivity contribution in [3.8, 4) is 33.4 Å². The predicted octanol–water partition coefficient (Wildman–Crippen LogP) is 15.2. The van der Waals surface area contributed by atoms with E-state index in [2.05, 4.69) is 241 Å². The number of nitrogens with zero attached hydrogens (tertiary/aromatic N) is 1. The second-order valence-electron chi connectivity index (χ2n) is 15.2. The second kappa shape index (κ2) is 13.9. The minimum absolute atomic E-state index is 0.484. The van der Waals surface area contributed by atoms with Crippen LogP contribution in [-0.2, 0) is 5.41 Å². The Morgan fingerprint density at radius 1 is 0.310 bits per heavy atom. The summed E-state index contributed by atoms with van der Waals surface area (Å²) in [5.74, 6) is 0. The van der Waals surface area contributed by atoms with Crippen LogP contribution in [0.5, 0.6) is 0 Å². The van der Waals surface area contributed by atoms with E-state index in [4.69, 9.17) is 0 Å². The molecular formula is C57H39N. The average Bonchev–Trinajstić information content (AvgIpc) is 3.62. The maximum atomic E-state index is 2.45. The molecule has 1 nitrogen and oxygen atoms in total. The Labute approximate surface area is 339 Å². The quantitative estimate of drug-likeness (QED) is 0.147. The molecule has 10 aromatic rings. The fourth-order valence-electron chi connectivity index (χ4n) is 9.65. The summed E-state index contributed by atoms with van der Waals surface area (Å²) >= 11 is 0. The summed E-state index contributed by atoms with van der Waals surface area (Å²) < 4.78 is 0. The molecule has 0 atom stereocenters. The van der Waals surface area contributed by atoms with Crippen LogP contribution in [0.25, 0.3) is 54.9 Å². The van der Waals surface area contributed by atoms with Crippen LogP contribution < -0.4 is 4.90 Å². The Morgan fingerprint density at radius 2 is 0.845 bits per heavy atom. The maximum absolute atomic E-state index is 2.45. The highest BCUT2D eigenvalue weighted by molar-refractivity contribution is 6.14. The van der Waals surface area contributed by atoms with Crippen molar-refractivity contribution in [1.29, 1.82) is 0 Å². The van der Waals surface area contributed by atoms with E-state index in [0.717, 1.165) is 17.1 Å². The molecule has 1 aliphatic rings. The topological polar surface area (TPSA) is 3.24 Å². The number of fused-ring (bicyclic) bond motifs is 6. The van der Waals surface area contributed by atoms with E-state index in [-0.39, 0.29) is 0 Å². The van der Waals surface area contributed by atoms with Gasteiger partial charge in [-0.3, -0.25) is 0 Å². The zero-order valence-corrected chi connectivity index (χ0v) is 32.0. The third-order valence-corrected chi connectivity index (χ3v) is 12.1. The molecule has 11 rings (SSSR count).